The third kappa shape index (κ3) is 5.10. The fourth-order valence-electron chi connectivity index (χ4n) is 3.13. The standard InChI is InChI=1S/C23H23N5OS/c1-3-13-27(16-19-8-6-18(15-24)7-9-19)21(29)12-14-28-22(25-26-23(28)30)20-10-4-17(2)5-11-20/h3-11H,1,12-14,16H2,2H3,(H,26,30). The van der Waals surface area contributed by atoms with Gasteiger partial charge < -0.3 is 4.90 Å². The second-order valence-corrected chi connectivity index (χ2v) is 7.38. The van der Waals surface area contributed by atoms with Gasteiger partial charge in [0.2, 0.25) is 5.91 Å². The van der Waals surface area contributed by atoms with E-state index in [1.165, 1.54) is 0 Å². The van der Waals surface area contributed by atoms with Crippen LogP contribution in [0.1, 0.15) is 23.1 Å². The lowest BCUT2D eigenvalue weighted by molar-refractivity contribution is -0.131. The highest BCUT2D eigenvalue weighted by Gasteiger charge is 2.15. The predicted octanol–water partition coefficient (Wildman–Crippen LogP) is 4.39. The van der Waals surface area contributed by atoms with Crippen molar-refractivity contribution < 1.29 is 4.79 Å². The van der Waals surface area contributed by atoms with Gasteiger partial charge in [0.25, 0.3) is 0 Å². The van der Waals surface area contributed by atoms with Crippen molar-refractivity contribution >= 4 is 18.1 Å². The molecule has 3 rings (SSSR count). The van der Waals surface area contributed by atoms with Gasteiger partial charge in [0.15, 0.2) is 10.6 Å². The van der Waals surface area contributed by atoms with Gasteiger partial charge in [0.1, 0.15) is 0 Å². The molecule has 0 aliphatic carbocycles. The molecular formula is C23H23N5OS. The van der Waals surface area contributed by atoms with E-state index in [-0.39, 0.29) is 12.3 Å². The molecule has 0 radical (unpaired) electrons. The summed E-state index contributed by atoms with van der Waals surface area (Å²) in [4.78, 5) is 14.6. The number of hydrogen-bond donors (Lipinski definition) is 1. The van der Waals surface area contributed by atoms with Gasteiger partial charge in [-0.1, -0.05) is 48.0 Å². The zero-order chi connectivity index (χ0) is 21.5. The molecule has 0 spiro atoms. The Balaban J connectivity index is 1.72. The SMILES string of the molecule is C=CCN(Cc1ccc(C#N)cc1)C(=O)CCn1c(-c2ccc(C)cc2)n[nH]c1=S. The Labute approximate surface area is 181 Å². The van der Waals surface area contributed by atoms with Gasteiger partial charge in [-0.15, -0.1) is 6.58 Å². The fraction of sp³-hybridized carbons (Fsp3) is 0.217. The number of aryl methyl sites for hydroxylation is 1. The molecule has 1 N–H and O–H groups in total. The largest absolute Gasteiger partial charge is 0.335 e. The van der Waals surface area contributed by atoms with Crippen molar-refractivity contribution in [2.24, 2.45) is 0 Å². The van der Waals surface area contributed by atoms with Gasteiger partial charge in [0, 0.05) is 31.6 Å². The van der Waals surface area contributed by atoms with Gasteiger partial charge in [-0.25, -0.2) is 0 Å². The summed E-state index contributed by atoms with van der Waals surface area (Å²) in [6.45, 7) is 7.12. The van der Waals surface area contributed by atoms with E-state index in [1.807, 2.05) is 47.9 Å². The number of aromatic amines is 1. The van der Waals surface area contributed by atoms with E-state index in [9.17, 15) is 4.79 Å². The van der Waals surface area contributed by atoms with Crippen LogP contribution in [0.3, 0.4) is 0 Å². The van der Waals surface area contributed by atoms with Crippen molar-refractivity contribution in [1.29, 1.82) is 5.26 Å². The van der Waals surface area contributed by atoms with E-state index in [1.54, 1.807) is 23.1 Å². The van der Waals surface area contributed by atoms with Crippen LogP contribution < -0.4 is 0 Å². The highest BCUT2D eigenvalue weighted by Crippen LogP contribution is 2.18. The fourth-order valence-corrected chi connectivity index (χ4v) is 3.35. The van der Waals surface area contributed by atoms with E-state index in [2.05, 4.69) is 22.8 Å². The maximum Gasteiger partial charge on any atom is 0.224 e. The van der Waals surface area contributed by atoms with Crippen LogP contribution in [0.25, 0.3) is 11.4 Å². The average molecular weight is 418 g/mol. The molecule has 1 heterocycles. The molecule has 0 aliphatic heterocycles. The molecule has 3 aromatic rings. The zero-order valence-corrected chi connectivity index (χ0v) is 17.7. The molecular weight excluding hydrogens is 394 g/mol. The summed E-state index contributed by atoms with van der Waals surface area (Å²) in [7, 11) is 0. The molecule has 0 unspecified atom stereocenters. The highest BCUT2D eigenvalue weighted by molar-refractivity contribution is 7.71. The molecule has 0 bridgehead atoms. The monoisotopic (exact) mass is 417 g/mol. The lowest BCUT2D eigenvalue weighted by atomic mass is 10.1. The highest BCUT2D eigenvalue weighted by atomic mass is 32.1. The molecule has 152 valence electrons. The molecule has 1 amide bonds. The minimum absolute atomic E-state index is 0.00258. The first kappa shape index (κ1) is 21.2. The first-order valence-corrected chi connectivity index (χ1v) is 10.0. The Kier molecular flexibility index (Phi) is 6.94. The number of rotatable bonds is 8. The predicted molar refractivity (Wildman–Crippen MR) is 119 cm³/mol. The first-order chi connectivity index (χ1) is 14.5. The van der Waals surface area contributed by atoms with E-state index in [0.717, 1.165) is 22.5 Å². The maximum absolute atomic E-state index is 12.9. The van der Waals surface area contributed by atoms with Crippen LogP contribution in [0.2, 0.25) is 0 Å². The third-order valence-electron chi connectivity index (χ3n) is 4.78. The summed E-state index contributed by atoms with van der Waals surface area (Å²) < 4.78 is 2.34. The van der Waals surface area contributed by atoms with Gasteiger partial charge in [0.05, 0.1) is 11.6 Å². The van der Waals surface area contributed by atoms with E-state index < -0.39 is 0 Å². The van der Waals surface area contributed by atoms with Gasteiger partial charge in [-0.3, -0.25) is 14.5 Å². The molecule has 1 aromatic heterocycles. The number of aromatic nitrogens is 3. The molecule has 0 aliphatic rings. The summed E-state index contributed by atoms with van der Waals surface area (Å²) >= 11 is 5.37. The van der Waals surface area contributed by atoms with Crippen molar-refractivity contribution in [1.82, 2.24) is 19.7 Å². The van der Waals surface area contributed by atoms with Crippen LogP contribution in [0, 0.1) is 23.0 Å². The van der Waals surface area contributed by atoms with E-state index in [4.69, 9.17) is 17.5 Å². The molecule has 0 saturated heterocycles. The third-order valence-corrected chi connectivity index (χ3v) is 5.09. The van der Waals surface area contributed by atoms with Crippen molar-refractivity contribution in [2.75, 3.05) is 6.54 Å². The van der Waals surface area contributed by atoms with Crippen LogP contribution in [-0.2, 0) is 17.9 Å². The maximum atomic E-state index is 12.9. The number of nitrogens with one attached hydrogen (secondary N) is 1. The topological polar surface area (TPSA) is 77.7 Å². The Morgan fingerprint density at radius 2 is 1.97 bits per heavy atom. The van der Waals surface area contributed by atoms with Crippen LogP contribution in [0.5, 0.6) is 0 Å². The van der Waals surface area contributed by atoms with Crippen LogP contribution in [0.15, 0.2) is 61.2 Å². The number of hydrogen-bond acceptors (Lipinski definition) is 4. The number of carbonyl (C=O) groups is 1. The number of amides is 1. The summed E-state index contributed by atoms with van der Waals surface area (Å²) in [5.41, 5.74) is 3.67. The summed E-state index contributed by atoms with van der Waals surface area (Å²) in [6, 6.07) is 17.4. The Morgan fingerprint density at radius 3 is 2.60 bits per heavy atom. The summed E-state index contributed by atoms with van der Waals surface area (Å²) in [6.07, 6.45) is 2.00. The van der Waals surface area contributed by atoms with Crippen molar-refractivity contribution in [2.45, 2.75) is 26.4 Å². The second-order valence-electron chi connectivity index (χ2n) is 6.99. The first-order valence-electron chi connectivity index (χ1n) is 9.61. The van der Waals surface area contributed by atoms with Gasteiger partial charge in [-0.05, 0) is 36.8 Å². The average Bonchev–Trinajstić information content (AvgIpc) is 3.13. The molecule has 6 nitrogen and oxygen atoms in total. The minimum Gasteiger partial charge on any atom is -0.335 e. The van der Waals surface area contributed by atoms with Crippen molar-refractivity contribution in [3.63, 3.8) is 0 Å². The minimum atomic E-state index is -0.00258. The number of carbonyl (C=O) groups excluding carboxylic acids is 1. The lowest BCUT2D eigenvalue weighted by Gasteiger charge is -2.21. The van der Waals surface area contributed by atoms with Crippen molar-refractivity contribution in [3.8, 4) is 17.5 Å². The van der Waals surface area contributed by atoms with Crippen LogP contribution >= 0.6 is 12.2 Å². The molecule has 0 saturated carbocycles. The lowest BCUT2D eigenvalue weighted by Crippen LogP contribution is -2.31. The molecule has 0 fully saturated rings. The molecule has 2 aromatic carbocycles. The Bertz CT molecular complexity index is 1120. The van der Waals surface area contributed by atoms with Gasteiger partial charge in [-0.2, -0.15) is 10.4 Å². The van der Waals surface area contributed by atoms with Gasteiger partial charge >= 0.3 is 0 Å². The Morgan fingerprint density at radius 1 is 1.27 bits per heavy atom. The molecule has 7 heteroatoms. The summed E-state index contributed by atoms with van der Waals surface area (Å²) in [5.74, 6) is 0.715. The smallest absolute Gasteiger partial charge is 0.224 e. The number of H-pyrrole nitrogens is 1. The second kappa shape index (κ2) is 9.81. The quantitative estimate of drug-likeness (QED) is 0.435. The Hall–Kier alpha value is -3.50. The van der Waals surface area contributed by atoms with Crippen LogP contribution in [-0.4, -0.2) is 32.1 Å². The molecule has 0 atom stereocenters. The zero-order valence-electron chi connectivity index (χ0n) is 16.8. The van der Waals surface area contributed by atoms with Crippen LogP contribution in [0.4, 0.5) is 0 Å². The van der Waals surface area contributed by atoms with E-state index in [0.29, 0.717) is 30.0 Å². The number of benzene rings is 2. The van der Waals surface area contributed by atoms with E-state index >= 15 is 0 Å². The summed E-state index contributed by atoms with van der Waals surface area (Å²) in [5, 5.41) is 16.1. The molecule has 30 heavy (non-hydrogen) atoms. The number of nitriles is 1. The normalized spacial score (nSPS) is 10.4. The number of nitrogens with zero attached hydrogens (tertiary/aromatic N) is 4. The van der Waals surface area contributed by atoms with Crippen molar-refractivity contribution in [3.05, 3.63) is 82.6 Å².